The molecule has 0 spiro atoms. The number of halogens is 2. The zero-order valence-electron chi connectivity index (χ0n) is 21.6. The first-order chi connectivity index (χ1) is 16.6. The summed E-state index contributed by atoms with van der Waals surface area (Å²) in [6, 6.07) is 4.37. The van der Waals surface area contributed by atoms with Crippen molar-refractivity contribution >= 4 is 0 Å². The molecule has 1 aromatic carbocycles. The van der Waals surface area contributed by atoms with Gasteiger partial charge in [0.05, 0.1) is 0 Å². The number of allylic oxidation sites excluding steroid dienone is 2. The Balaban J connectivity index is 1.10. The fourth-order valence-electron chi connectivity index (χ4n) is 7.30. The van der Waals surface area contributed by atoms with Crippen LogP contribution in [0.25, 0.3) is 0 Å². The van der Waals surface area contributed by atoms with Crippen molar-refractivity contribution in [2.75, 3.05) is 0 Å². The first-order valence-corrected chi connectivity index (χ1v) is 14.7. The third-order valence-electron chi connectivity index (χ3n) is 9.71. The van der Waals surface area contributed by atoms with Gasteiger partial charge in [-0.05, 0) is 130 Å². The summed E-state index contributed by atoms with van der Waals surface area (Å²) < 4.78 is 26.5. The third kappa shape index (κ3) is 7.66. The average molecular weight is 471 g/mol. The van der Waals surface area contributed by atoms with Gasteiger partial charge in [0.25, 0.3) is 0 Å². The summed E-state index contributed by atoms with van der Waals surface area (Å²) in [5.41, 5.74) is 0.932. The lowest BCUT2D eigenvalue weighted by atomic mass is 9.68. The summed E-state index contributed by atoms with van der Waals surface area (Å²) in [7, 11) is 0. The first kappa shape index (κ1) is 25.9. The van der Waals surface area contributed by atoms with Crippen LogP contribution in [0, 0.1) is 47.1 Å². The maximum Gasteiger partial charge on any atom is 0.159 e. The van der Waals surface area contributed by atoms with E-state index in [9.17, 15) is 8.78 Å². The van der Waals surface area contributed by atoms with Gasteiger partial charge in [-0.2, -0.15) is 0 Å². The van der Waals surface area contributed by atoms with Crippen molar-refractivity contribution in [2.24, 2.45) is 35.5 Å². The highest BCUT2D eigenvalue weighted by Crippen LogP contribution is 2.43. The minimum absolute atomic E-state index is 0.713. The third-order valence-corrected chi connectivity index (χ3v) is 9.71. The summed E-state index contributed by atoms with van der Waals surface area (Å²) >= 11 is 0. The van der Waals surface area contributed by atoms with Crippen LogP contribution in [0.15, 0.2) is 30.4 Å². The van der Waals surface area contributed by atoms with E-state index in [4.69, 9.17) is 0 Å². The number of aryl methyl sites for hydroxylation is 1. The molecule has 0 heterocycles. The topological polar surface area (TPSA) is 0 Å². The lowest BCUT2D eigenvalue weighted by molar-refractivity contribution is 0.151. The molecule has 3 fully saturated rings. The van der Waals surface area contributed by atoms with Gasteiger partial charge in [0.1, 0.15) is 0 Å². The van der Waals surface area contributed by atoms with Crippen molar-refractivity contribution in [1.29, 1.82) is 0 Å². The van der Waals surface area contributed by atoms with Gasteiger partial charge < -0.3 is 0 Å². The van der Waals surface area contributed by atoms with Gasteiger partial charge in [0.15, 0.2) is 11.6 Å². The quantitative estimate of drug-likeness (QED) is 0.315. The van der Waals surface area contributed by atoms with Gasteiger partial charge in [0, 0.05) is 0 Å². The van der Waals surface area contributed by atoms with Crippen molar-refractivity contribution in [2.45, 2.75) is 116 Å². The molecule has 0 aliphatic heterocycles. The highest BCUT2D eigenvalue weighted by Gasteiger charge is 2.30. The Morgan fingerprint density at radius 3 is 1.79 bits per heavy atom. The van der Waals surface area contributed by atoms with Crippen LogP contribution < -0.4 is 0 Å². The van der Waals surface area contributed by atoms with Crippen molar-refractivity contribution < 1.29 is 8.78 Å². The summed E-state index contributed by atoms with van der Waals surface area (Å²) in [5.74, 6) is 3.96. The molecule has 3 aliphatic carbocycles. The van der Waals surface area contributed by atoms with E-state index in [0.717, 1.165) is 53.9 Å². The average Bonchev–Trinajstić information content (AvgIpc) is 2.88. The zero-order chi connectivity index (χ0) is 23.8. The molecular weight excluding hydrogens is 422 g/mol. The van der Waals surface area contributed by atoms with Gasteiger partial charge in [0.2, 0.25) is 0 Å². The van der Waals surface area contributed by atoms with Crippen LogP contribution >= 0.6 is 0 Å². The predicted octanol–water partition coefficient (Wildman–Crippen LogP) is 10.1. The SMILES string of the molecule is CCCC[C@H]1CC[C@H](C2CCC(/C=C/[C@H]3CC[C@H](CCc4ccc(F)c(F)c4)CC3)CC2)CC1. The minimum Gasteiger partial charge on any atom is -0.204 e. The van der Waals surface area contributed by atoms with Gasteiger partial charge >= 0.3 is 0 Å². The number of unbranched alkanes of at least 4 members (excludes halogenated alkanes) is 1. The van der Waals surface area contributed by atoms with Crippen molar-refractivity contribution in [3.05, 3.63) is 47.5 Å². The molecule has 1 aromatic rings. The highest BCUT2D eigenvalue weighted by molar-refractivity contribution is 5.18. The van der Waals surface area contributed by atoms with Gasteiger partial charge in [-0.1, -0.05) is 57.2 Å². The molecule has 0 radical (unpaired) electrons. The smallest absolute Gasteiger partial charge is 0.159 e. The predicted molar refractivity (Wildman–Crippen MR) is 140 cm³/mol. The van der Waals surface area contributed by atoms with Crippen molar-refractivity contribution in [3.8, 4) is 0 Å². The van der Waals surface area contributed by atoms with E-state index in [-0.39, 0.29) is 0 Å². The lowest BCUT2D eigenvalue weighted by Crippen LogP contribution is -2.25. The summed E-state index contributed by atoms with van der Waals surface area (Å²) in [4.78, 5) is 0. The molecule has 0 bridgehead atoms. The number of rotatable bonds is 9. The first-order valence-electron chi connectivity index (χ1n) is 14.7. The normalized spacial score (nSPS) is 32.8. The molecular formula is C32H48F2. The lowest BCUT2D eigenvalue weighted by Gasteiger charge is -2.37. The van der Waals surface area contributed by atoms with Gasteiger partial charge in [-0.3, -0.25) is 0 Å². The molecule has 0 aromatic heterocycles. The number of benzene rings is 1. The van der Waals surface area contributed by atoms with E-state index in [1.807, 2.05) is 0 Å². The molecule has 0 saturated heterocycles. The largest absolute Gasteiger partial charge is 0.204 e. The van der Waals surface area contributed by atoms with E-state index < -0.39 is 11.6 Å². The Kier molecular flexibility index (Phi) is 10.1. The van der Waals surface area contributed by atoms with Crippen molar-refractivity contribution in [3.63, 3.8) is 0 Å². The summed E-state index contributed by atoms with van der Waals surface area (Å²) in [6.07, 6.45) is 28.4. The summed E-state index contributed by atoms with van der Waals surface area (Å²) in [5, 5.41) is 0. The Morgan fingerprint density at radius 1 is 0.676 bits per heavy atom. The molecule has 0 amide bonds. The van der Waals surface area contributed by atoms with Crippen LogP contribution in [0.3, 0.4) is 0 Å². The highest BCUT2D eigenvalue weighted by atomic mass is 19.2. The molecule has 2 heteroatoms. The number of hydrogen-bond acceptors (Lipinski definition) is 0. The standard InChI is InChI=1S/C32H48F2/c1-2-3-4-24-13-18-29(19-14-24)30-20-15-27(16-21-30)10-9-25-5-7-26(8-6-25)11-12-28-17-22-31(33)32(34)23-28/h9-10,17,22-27,29-30H,2-8,11-16,18-21H2,1H3/b10-9+/t24-,25-,26-,27?,29-,30?. The Labute approximate surface area is 208 Å². The Bertz CT molecular complexity index is 744. The van der Waals surface area contributed by atoms with Crippen LogP contribution in [-0.2, 0) is 6.42 Å². The minimum atomic E-state index is -0.741. The van der Waals surface area contributed by atoms with Gasteiger partial charge in [-0.15, -0.1) is 0 Å². The van der Waals surface area contributed by atoms with E-state index in [0.29, 0.717) is 0 Å². The Morgan fingerprint density at radius 2 is 1.21 bits per heavy atom. The van der Waals surface area contributed by atoms with E-state index >= 15 is 0 Å². The second-order valence-corrected chi connectivity index (χ2v) is 12.1. The molecule has 0 N–H and O–H groups in total. The molecule has 0 nitrogen and oxygen atoms in total. The molecule has 190 valence electrons. The van der Waals surface area contributed by atoms with Gasteiger partial charge in [-0.25, -0.2) is 8.78 Å². The Hall–Kier alpha value is -1.18. The van der Waals surface area contributed by atoms with Crippen LogP contribution in [-0.4, -0.2) is 0 Å². The van der Waals surface area contributed by atoms with E-state index in [1.165, 1.54) is 108 Å². The molecule has 3 aliphatic rings. The van der Waals surface area contributed by atoms with Crippen LogP contribution in [0.1, 0.15) is 115 Å². The molecule has 3 saturated carbocycles. The van der Waals surface area contributed by atoms with Crippen LogP contribution in [0.2, 0.25) is 0 Å². The zero-order valence-corrected chi connectivity index (χ0v) is 21.6. The van der Waals surface area contributed by atoms with Crippen LogP contribution in [0.4, 0.5) is 8.78 Å². The maximum absolute atomic E-state index is 13.4. The maximum atomic E-state index is 13.4. The molecule has 0 unspecified atom stereocenters. The molecule has 4 rings (SSSR count). The summed E-state index contributed by atoms with van der Waals surface area (Å²) in [6.45, 7) is 2.33. The van der Waals surface area contributed by atoms with E-state index in [2.05, 4.69) is 19.1 Å². The fourth-order valence-corrected chi connectivity index (χ4v) is 7.30. The van der Waals surface area contributed by atoms with E-state index in [1.54, 1.807) is 6.07 Å². The second-order valence-electron chi connectivity index (χ2n) is 12.1. The fraction of sp³-hybridized carbons (Fsp3) is 0.750. The van der Waals surface area contributed by atoms with Crippen molar-refractivity contribution in [1.82, 2.24) is 0 Å². The molecule has 0 atom stereocenters. The monoisotopic (exact) mass is 470 g/mol. The number of hydrogen-bond donors (Lipinski definition) is 0. The molecule has 34 heavy (non-hydrogen) atoms. The second kappa shape index (κ2) is 13.2. The van der Waals surface area contributed by atoms with Crippen LogP contribution in [0.5, 0.6) is 0 Å².